The molecule has 5 nitrogen and oxygen atoms in total. The van der Waals surface area contributed by atoms with E-state index in [-0.39, 0.29) is 0 Å². The summed E-state index contributed by atoms with van der Waals surface area (Å²) in [5.74, 6) is 2.39. The first-order valence-corrected chi connectivity index (χ1v) is 7.27. The second kappa shape index (κ2) is 5.66. The largest absolute Gasteiger partial charge is 0.454 e. The van der Waals surface area contributed by atoms with E-state index in [1.54, 1.807) is 0 Å². The molecule has 0 amide bonds. The van der Waals surface area contributed by atoms with Crippen LogP contribution in [0.3, 0.4) is 0 Å². The number of aromatic amines is 1. The van der Waals surface area contributed by atoms with E-state index < -0.39 is 0 Å². The minimum absolute atomic E-state index is 0.628. The van der Waals surface area contributed by atoms with Gasteiger partial charge in [-0.15, -0.1) is 0 Å². The summed E-state index contributed by atoms with van der Waals surface area (Å²) in [6.45, 7) is 2.51. The number of nitrogens with one attached hydrogen (secondary N) is 2. The molecule has 2 heterocycles. The summed E-state index contributed by atoms with van der Waals surface area (Å²) < 4.78 is 6.43. The van der Waals surface area contributed by atoms with Crippen LogP contribution in [0.15, 0.2) is 40.8 Å². The summed E-state index contributed by atoms with van der Waals surface area (Å²) in [7, 11) is 0. The van der Waals surface area contributed by atoms with Crippen molar-refractivity contribution in [2.75, 3.05) is 5.32 Å². The van der Waals surface area contributed by atoms with Crippen LogP contribution >= 0.6 is 22.6 Å². The molecule has 6 heteroatoms. The number of H-pyrrole nitrogens is 1. The summed E-state index contributed by atoms with van der Waals surface area (Å²) in [5, 5.41) is 10.4. The van der Waals surface area contributed by atoms with Crippen molar-refractivity contribution in [2.45, 2.75) is 13.5 Å². The zero-order chi connectivity index (χ0) is 13.9. The maximum Gasteiger partial charge on any atom is 0.183 e. The highest BCUT2D eigenvalue weighted by Crippen LogP contribution is 2.25. The predicted molar refractivity (Wildman–Crippen MR) is 85.3 cm³/mol. The van der Waals surface area contributed by atoms with Crippen LogP contribution < -0.4 is 5.32 Å². The molecular formula is C14H13IN4O. The van der Waals surface area contributed by atoms with Crippen LogP contribution in [0, 0.1) is 10.7 Å². The molecule has 2 aromatic heterocycles. The van der Waals surface area contributed by atoms with Crippen LogP contribution in [0.4, 0.5) is 5.69 Å². The molecule has 0 aliphatic carbocycles. The molecule has 0 atom stereocenters. The van der Waals surface area contributed by atoms with Crippen molar-refractivity contribution in [3.63, 3.8) is 0 Å². The van der Waals surface area contributed by atoms with E-state index in [1.165, 1.54) is 0 Å². The minimum Gasteiger partial charge on any atom is -0.454 e. The lowest BCUT2D eigenvalue weighted by Gasteiger charge is -2.08. The van der Waals surface area contributed by atoms with Gasteiger partial charge in [-0.05, 0) is 53.8 Å². The molecule has 0 aliphatic heterocycles. The van der Waals surface area contributed by atoms with Crippen molar-refractivity contribution < 1.29 is 4.42 Å². The van der Waals surface area contributed by atoms with Gasteiger partial charge in [0.1, 0.15) is 11.6 Å². The Balaban J connectivity index is 1.83. The second-order valence-corrected chi connectivity index (χ2v) is 5.41. The van der Waals surface area contributed by atoms with Gasteiger partial charge in [0, 0.05) is 11.3 Å². The molecule has 0 unspecified atom stereocenters. The third-order valence-corrected chi connectivity index (χ3v) is 3.43. The van der Waals surface area contributed by atoms with E-state index in [4.69, 9.17) is 4.42 Å². The Bertz CT molecular complexity index is 719. The highest BCUT2D eigenvalue weighted by atomic mass is 127. The van der Waals surface area contributed by atoms with Crippen LogP contribution in [-0.2, 0) is 6.54 Å². The van der Waals surface area contributed by atoms with Gasteiger partial charge in [0.2, 0.25) is 0 Å². The maximum absolute atomic E-state index is 5.54. The average Bonchev–Trinajstić information content (AvgIpc) is 3.06. The summed E-state index contributed by atoms with van der Waals surface area (Å²) >= 11 is 2.16. The Hall–Kier alpha value is -1.83. The quantitative estimate of drug-likeness (QED) is 0.679. The van der Waals surface area contributed by atoms with E-state index in [0.717, 1.165) is 26.6 Å². The van der Waals surface area contributed by atoms with E-state index in [9.17, 15) is 0 Å². The zero-order valence-corrected chi connectivity index (χ0v) is 13.0. The Kier molecular flexibility index (Phi) is 3.72. The molecule has 0 fully saturated rings. The van der Waals surface area contributed by atoms with Crippen molar-refractivity contribution in [1.29, 1.82) is 0 Å². The smallest absolute Gasteiger partial charge is 0.183 e. The van der Waals surface area contributed by atoms with Crippen molar-refractivity contribution in [2.24, 2.45) is 0 Å². The van der Waals surface area contributed by atoms with Gasteiger partial charge in [-0.1, -0.05) is 12.1 Å². The fraction of sp³-hybridized carbons (Fsp3) is 0.143. The van der Waals surface area contributed by atoms with Gasteiger partial charge in [-0.2, -0.15) is 5.10 Å². The molecule has 3 aromatic rings. The molecule has 20 heavy (non-hydrogen) atoms. The lowest BCUT2D eigenvalue weighted by Crippen LogP contribution is -2.00. The standard InChI is InChI=1S/C14H13IN4O/c1-9-17-14(19-18-9)11-4-2-3-5-12(11)16-8-10-6-7-13(15)20-10/h2-7,16H,8H2,1H3,(H,17,18,19). The summed E-state index contributed by atoms with van der Waals surface area (Å²) in [5.41, 5.74) is 1.95. The number of nitrogens with zero attached hydrogens (tertiary/aromatic N) is 2. The van der Waals surface area contributed by atoms with Gasteiger partial charge < -0.3 is 9.73 Å². The number of benzene rings is 1. The molecule has 0 saturated carbocycles. The monoisotopic (exact) mass is 380 g/mol. The van der Waals surface area contributed by atoms with Crippen LogP contribution in [-0.4, -0.2) is 15.2 Å². The first kappa shape index (κ1) is 13.2. The van der Waals surface area contributed by atoms with Crippen LogP contribution in [0.2, 0.25) is 0 Å². The minimum atomic E-state index is 0.628. The molecule has 0 aliphatic rings. The number of rotatable bonds is 4. The number of halogens is 1. The molecule has 1 aromatic carbocycles. The summed E-state index contributed by atoms with van der Waals surface area (Å²) in [6, 6.07) is 11.9. The van der Waals surface area contributed by atoms with Crippen LogP contribution in [0.1, 0.15) is 11.6 Å². The van der Waals surface area contributed by atoms with Crippen molar-refractivity contribution in [3.8, 4) is 11.4 Å². The lowest BCUT2D eigenvalue weighted by atomic mass is 10.1. The highest BCUT2D eigenvalue weighted by Gasteiger charge is 2.09. The number of hydrogen-bond donors (Lipinski definition) is 2. The highest BCUT2D eigenvalue weighted by molar-refractivity contribution is 14.1. The van der Waals surface area contributed by atoms with Crippen molar-refractivity contribution >= 4 is 28.3 Å². The molecule has 102 valence electrons. The maximum atomic E-state index is 5.54. The number of aromatic nitrogens is 3. The fourth-order valence-electron chi connectivity index (χ4n) is 1.92. The first-order chi connectivity index (χ1) is 9.72. The Labute approximate surface area is 129 Å². The second-order valence-electron chi connectivity index (χ2n) is 4.35. The molecular weight excluding hydrogens is 367 g/mol. The van der Waals surface area contributed by atoms with Gasteiger partial charge in [-0.25, -0.2) is 4.98 Å². The van der Waals surface area contributed by atoms with Gasteiger partial charge in [0.25, 0.3) is 0 Å². The molecule has 0 spiro atoms. The average molecular weight is 380 g/mol. The normalized spacial score (nSPS) is 10.7. The van der Waals surface area contributed by atoms with Gasteiger partial charge in [-0.3, -0.25) is 5.10 Å². The van der Waals surface area contributed by atoms with Gasteiger partial charge in [0.15, 0.2) is 9.59 Å². The van der Waals surface area contributed by atoms with Gasteiger partial charge >= 0.3 is 0 Å². The topological polar surface area (TPSA) is 66.7 Å². The zero-order valence-electron chi connectivity index (χ0n) is 10.9. The third kappa shape index (κ3) is 2.84. The van der Waals surface area contributed by atoms with E-state index in [0.29, 0.717) is 12.4 Å². The van der Waals surface area contributed by atoms with E-state index in [2.05, 4.69) is 43.1 Å². The number of para-hydroxylation sites is 1. The van der Waals surface area contributed by atoms with Crippen molar-refractivity contribution in [3.05, 3.63) is 51.7 Å². The molecule has 0 saturated heterocycles. The summed E-state index contributed by atoms with van der Waals surface area (Å²) in [4.78, 5) is 4.37. The number of aryl methyl sites for hydroxylation is 1. The van der Waals surface area contributed by atoms with E-state index >= 15 is 0 Å². The van der Waals surface area contributed by atoms with Crippen LogP contribution in [0.25, 0.3) is 11.4 Å². The molecule has 0 radical (unpaired) electrons. The SMILES string of the molecule is Cc1nc(-c2ccccc2NCc2ccc(I)o2)n[nH]1. The van der Waals surface area contributed by atoms with Gasteiger partial charge in [0.05, 0.1) is 6.54 Å². The molecule has 3 rings (SSSR count). The third-order valence-electron chi connectivity index (χ3n) is 2.85. The Morgan fingerprint density at radius 2 is 2.10 bits per heavy atom. The Morgan fingerprint density at radius 3 is 2.80 bits per heavy atom. The number of furan rings is 1. The van der Waals surface area contributed by atoms with Crippen LogP contribution in [0.5, 0.6) is 0 Å². The Morgan fingerprint density at radius 1 is 1.25 bits per heavy atom. The number of hydrogen-bond acceptors (Lipinski definition) is 4. The first-order valence-electron chi connectivity index (χ1n) is 6.19. The van der Waals surface area contributed by atoms with Crippen molar-refractivity contribution in [1.82, 2.24) is 15.2 Å². The fourth-order valence-corrected chi connectivity index (χ4v) is 2.39. The molecule has 2 N–H and O–H groups in total. The number of anilines is 1. The molecule has 0 bridgehead atoms. The summed E-state index contributed by atoms with van der Waals surface area (Å²) in [6.07, 6.45) is 0. The van der Waals surface area contributed by atoms with E-state index in [1.807, 2.05) is 43.3 Å². The lowest BCUT2D eigenvalue weighted by molar-refractivity contribution is 0.493. The predicted octanol–water partition coefficient (Wildman–Crippen LogP) is 3.59.